The SMILES string of the molecule is CC(C)c1nc(S(=O)(=O)NC(=O)C2CC3(CCC3)C2)cn1C. The number of aryl methyl sites for hydroxylation is 1. The van der Waals surface area contributed by atoms with Crippen LogP contribution >= 0.6 is 0 Å². The number of carbonyl (C=O) groups is 1. The summed E-state index contributed by atoms with van der Waals surface area (Å²) in [7, 11) is -2.11. The second kappa shape index (κ2) is 5.08. The Morgan fingerprint density at radius 1 is 1.41 bits per heavy atom. The third-order valence-electron chi connectivity index (χ3n) is 5.06. The molecular weight excluding hydrogens is 302 g/mol. The predicted molar refractivity (Wildman–Crippen MR) is 81.6 cm³/mol. The van der Waals surface area contributed by atoms with Crippen molar-refractivity contribution < 1.29 is 13.2 Å². The van der Waals surface area contributed by atoms with Gasteiger partial charge in [-0.2, -0.15) is 8.42 Å². The summed E-state index contributed by atoms with van der Waals surface area (Å²) in [5.41, 5.74) is 0.349. The van der Waals surface area contributed by atoms with Crippen molar-refractivity contribution in [1.82, 2.24) is 14.3 Å². The van der Waals surface area contributed by atoms with E-state index in [0.29, 0.717) is 11.2 Å². The summed E-state index contributed by atoms with van der Waals surface area (Å²) >= 11 is 0. The molecule has 6 nitrogen and oxygen atoms in total. The zero-order valence-corrected chi connectivity index (χ0v) is 14.1. The molecule has 1 heterocycles. The lowest BCUT2D eigenvalue weighted by Gasteiger charge is -2.53. The van der Waals surface area contributed by atoms with E-state index in [-0.39, 0.29) is 22.8 Å². The molecule has 7 heteroatoms. The van der Waals surface area contributed by atoms with Crippen molar-refractivity contribution in [2.75, 3.05) is 0 Å². The molecule has 0 saturated heterocycles. The third kappa shape index (κ3) is 2.55. The number of amides is 1. The Bertz CT molecular complexity index is 694. The van der Waals surface area contributed by atoms with Gasteiger partial charge in [0.2, 0.25) is 5.91 Å². The van der Waals surface area contributed by atoms with E-state index in [1.807, 2.05) is 13.8 Å². The summed E-state index contributed by atoms with van der Waals surface area (Å²) < 4.78 is 28.5. The van der Waals surface area contributed by atoms with Crippen molar-refractivity contribution in [1.29, 1.82) is 0 Å². The third-order valence-corrected chi connectivity index (χ3v) is 6.28. The molecule has 1 spiro atoms. The molecule has 22 heavy (non-hydrogen) atoms. The summed E-state index contributed by atoms with van der Waals surface area (Å²) in [5, 5.41) is -0.0790. The predicted octanol–water partition coefficient (Wildman–Crippen LogP) is 1.93. The summed E-state index contributed by atoms with van der Waals surface area (Å²) in [4.78, 5) is 16.3. The lowest BCUT2D eigenvalue weighted by Crippen LogP contribution is -2.49. The highest BCUT2D eigenvalue weighted by molar-refractivity contribution is 7.90. The zero-order chi connectivity index (χ0) is 16.1. The van der Waals surface area contributed by atoms with E-state index < -0.39 is 10.0 Å². The number of imidazole rings is 1. The van der Waals surface area contributed by atoms with Crippen LogP contribution in [-0.4, -0.2) is 23.9 Å². The van der Waals surface area contributed by atoms with E-state index >= 15 is 0 Å². The Morgan fingerprint density at radius 3 is 2.50 bits per heavy atom. The van der Waals surface area contributed by atoms with Crippen LogP contribution in [0.25, 0.3) is 0 Å². The molecule has 0 atom stereocenters. The number of sulfonamides is 1. The first kappa shape index (κ1) is 15.5. The summed E-state index contributed by atoms with van der Waals surface area (Å²) in [6.07, 6.45) is 6.71. The van der Waals surface area contributed by atoms with Crippen LogP contribution in [0.4, 0.5) is 0 Å². The molecule has 2 fully saturated rings. The fourth-order valence-corrected chi connectivity index (χ4v) is 4.69. The quantitative estimate of drug-likeness (QED) is 0.917. The Kier molecular flexibility index (Phi) is 3.58. The maximum Gasteiger partial charge on any atom is 0.283 e. The Hall–Kier alpha value is -1.37. The van der Waals surface area contributed by atoms with Crippen molar-refractivity contribution in [3.05, 3.63) is 12.0 Å². The van der Waals surface area contributed by atoms with Gasteiger partial charge in [-0.15, -0.1) is 0 Å². The molecule has 1 amide bonds. The summed E-state index contributed by atoms with van der Waals surface area (Å²) in [6, 6.07) is 0. The van der Waals surface area contributed by atoms with E-state index in [2.05, 4.69) is 9.71 Å². The van der Waals surface area contributed by atoms with Gasteiger partial charge in [0, 0.05) is 25.1 Å². The maximum atomic E-state index is 12.3. The van der Waals surface area contributed by atoms with Gasteiger partial charge >= 0.3 is 0 Å². The summed E-state index contributed by atoms with van der Waals surface area (Å²) in [6.45, 7) is 3.90. The lowest BCUT2D eigenvalue weighted by atomic mass is 9.52. The first-order chi connectivity index (χ1) is 10.2. The number of hydrogen-bond acceptors (Lipinski definition) is 4. The van der Waals surface area contributed by atoms with Gasteiger partial charge in [-0.05, 0) is 31.1 Å². The van der Waals surface area contributed by atoms with Crippen LogP contribution in [0, 0.1) is 11.3 Å². The van der Waals surface area contributed by atoms with Crippen LogP contribution in [0.2, 0.25) is 0 Å². The van der Waals surface area contributed by atoms with Crippen LogP contribution in [0.15, 0.2) is 11.2 Å². The van der Waals surface area contributed by atoms with Crippen LogP contribution in [0.5, 0.6) is 0 Å². The Morgan fingerprint density at radius 2 is 2.05 bits per heavy atom. The van der Waals surface area contributed by atoms with Crippen molar-refractivity contribution in [2.45, 2.75) is 56.9 Å². The van der Waals surface area contributed by atoms with Crippen LogP contribution in [0.1, 0.15) is 57.7 Å². The standard InChI is InChI=1S/C15H23N3O3S/c1-10(2)13-16-12(9-18(13)3)22(20,21)17-14(19)11-7-15(8-11)5-4-6-15/h9-11H,4-8H2,1-3H3,(H,17,19). The van der Waals surface area contributed by atoms with Crippen molar-refractivity contribution >= 4 is 15.9 Å². The number of nitrogens with one attached hydrogen (secondary N) is 1. The van der Waals surface area contributed by atoms with Gasteiger partial charge in [0.15, 0.2) is 5.03 Å². The fraction of sp³-hybridized carbons (Fsp3) is 0.733. The fourth-order valence-electron chi connectivity index (χ4n) is 3.64. The minimum absolute atomic E-state index is 0.0790. The van der Waals surface area contributed by atoms with E-state index in [0.717, 1.165) is 12.8 Å². The van der Waals surface area contributed by atoms with Crippen molar-refractivity contribution in [3.8, 4) is 0 Å². The molecule has 2 saturated carbocycles. The normalized spacial score (nSPS) is 20.7. The number of aromatic nitrogens is 2. The molecule has 2 aliphatic rings. The first-order valence-electron chi connectivity index (χ1n) is 7.82. The van der Waals surface area contributed by atoms with Crippen LogP contribution in [0.3, 0.4) is 0 Å². The molecule has 1 N–H and O–H groups in total. The van der Waals surface area contributed by atoms with E-state index in [4.69, 9.17) is 0 Å². The topological polar surface area (TPSA) is 81.1 Å². The van der Waals surface area contributed by atoms with Gasteiger partial charge in [-0.25, -0.2) is 9.71 Å². The van der Waals surface area contributed by atoms with E-state index in [9.17, 15) is 13.2 Å². The Labute approximate surface area is 131 Å². The number of hydrogen-bond donors (Lipinski definition) is 1. The molecule has 1 aromatic heterocycles. The van der Waals surface area contributed by atoms with Gasteiger partial charge in [-0.1, -0.05) is 20.3 Å². The van der Waals surface area contributed by atoms with Crippen molar-refractivity contribution in [3.63, 3.8) is 0 Å². The average Bonchev–Trinajstić information content (AvgIpc) is 2.67. The minimum Gasteiger partial charge on any atom is -0.336 e. The average molecular weight is 325 g/mol. The highest BCUT2D eigenvalue weighted by atomic mass is 32.2. The van der Waals surface area contributed by atoms with E-state index in [1.165, 1.54) is 25.5 Å². The molecular formula is C15H23N3O3S. The van der Waals surface area contributed by atoms with Crippen LogP contribution in [-0.2, 0) is 21.9 Å². The van der Waals surface area contributed by atoms with Gasteiger partial charge in [0.05, 0.1) is 0 Å². The number of rotatable bonds is 4. The molecule has 0 unspecified atom stereocenters. The van der Waals surface area contributed by atoms with Crippen LogP contribution < -0.4 is 4.72 Å². The lowest BCUT2D eigenvalue weighted by molar-refractivity contribution is -0.134. The summed E-state index contributed by atoms with van der Waals surface area (Å²) in [5.74, 6) is 0.261. The second-order valence-corrected chi connectivity index (χ2v) is 8.76. The number of carbonyl (C=O) groups excluding carboxylic acids is 1. The molecule has 1 aromatic rings. The zero-order valence-electron chi connectivity index (χ0n) is 13.3. The molecule has 3 rings (SSSR count). The van der Waals surface area contributed by atoms with Gasteiger partial charge in [0.1, 0.15) is 5.82 Å². The van der Waals surface area contributed by atoms with E-state index in [1.54, 1.807) is 11.6 Å². The van der Waals surface area contributed by atoms with Crippen molar-refractivity contribution in [2.24, 2.45) is 18.4 Å². The minimum atomic E-state index is -3.87. The molecule has 2 aliphatic carbocycles. The molecule has 0 aliphatic heterocycles. The Balaban J connectivity index is 1.68. The number of nitrogens with zero attached hydrogens (tertiary/aromatic N) is 2. The smallest absolute Gasteiger partial charge is 0.283 e. The highest BCUT2D eigenvalue weighted by Crippen LogP contribution is 2.58. The molecule has 0 bridgehead atoms. The first-order valence-corrected chi connectivity index (χ1v) is 9.31. The second-order valence-electron chi connectivity index (χ2n) is 7.13. The largest absolute Gasteiger partial charge is 0.336 e. The highest BCUT2D eigenvalue weighted by Gasteiger charge is 2.51. The molecule has 0 aromatic carbocycles. The van der Waals surface area contributed by atoms with Gasteiger partial charge in [0.25, 0.3) is 10.0 Å². The molecule has 0 radical (unpaired) electrons. The van der Waals surface area contributed by atoms with Gasteiger partial charge in [-0.3, -0.25) is 4.79 Å². The van der Waals surface area contributed by atoms with Gasteiger partial charge < -0.3 is 4.57 Å². The maximum absolute atomic E-state index is 12.3. The molecule has 122 valence electrons. The monoisotopic (exact) mass is 325 g/mol.